The van der Waals surface area contributed by atoms with Crippen molar-refractivity contribution in [3.05, 3.63) is 52.8 Å². The molecule has 0 radical (unpaired) electrons. The largest absolute Gasteiger partial charge is 0.493 e. The highest BCUT2D eigenvalue weighted by molar-refractivity contribution is 7.99. The number of hydrogen-bond donors (Lipinski definition) is 1. The summed E-state index contributed by atoms with van der Waals surface area (Å²) < 4.78 is 13.0. The molecule has 3 rings (SSSR count). The summed E-state index contributed by atoms with van der Waals surface area (Å²) in [5.41, 5.74) is 2.07. The Balaban J connectivity index is 0.00000320. The fourth-order valence-electron chi connectivity index (χ4n) is 2.53. The summed E-state index contributed by atoms with van der Waals surface area (Å²) in [6.45, 7) is 2.06. The fourth-order valence-corrected chi connectivity index (χ4v) is 3.43. The van der Waals surface area contributed by atoms with Crippen LogP contribution in [0.3, 0.4) is 0 Å². The molecule has 1 N–H and O–H groups in total. The Morgan fingerprint density at radius 3 is 2.70 bits per heavy atom. The van der Waals surface area contributed by atoms with Gasteiger partial charge in [-0.2, -0.15) is 0 Å². The summed E-state index contributed by atoms with van der Waals surface area (Å²) in [5, 5.41) is 16.1. The fraction of sp³-hybridized carbons (Fsp3) is 0.368. The molecular formula is C19H24Cl2N6O2S. The number of ether oxygens (including phenoxy) is 2. The first kappa shape index (κ1) is 24.2. The third kappa shape index (κ3) is 7.32. The van der Waals surface area contributed by atoms with Gasteiger partial charge < -0.3 is 14.8 Å². The van der Waals surface area contributed by atoms with Crippen molar-refractivity contribution >= 4 is 35.8 Å². The predicted octanol–water partition coefficient (Wildman–Crippen LogP) is 3.54. The number of nitrogens with one attached hydrogen (secondary N) is 1. The van der Waals surface area contributed by atoms with Crippen LogP contribution in [0, 0.1) is 0 Å². The monoisotopic (exact) mass is 470 g/mol. The minimum atomic E-state index is 0. The molecule has 0 aliphatic carbocycles. The summed E-state index contributed by atoms with van der Waals surface area (Å²) in [7, 11) is 3.48. The van der Waals surface area contributed by atoms with E-state index in [9.17, 15) is 0 Å². The number of tetrazole rings is 1. The minimum absolute atomic E-state index is 0. The SMILES string of the molecule is COc1cc(CNCCCSc2nnnn2C)ccc1OCc1ccc(Cl)nc1.Cl. The number of rotatable bonds is 11. The number of benzene rings is 1. The summed E-state index contributed by atoms with van der Waals surface area (Å²) in [6, 6.07) is 9.58. The molecule has 11 heteroatoms. The molecule has 30 heavy (non-hydrogen) atoms. The average molecular weight is 471 g/mol. The third-order valence-corrected chi connectivity index (χ3v) is 5.37. The second-order valence-electron chi connectivity index (χ2n) is 6.23. The van der Waals surface area contributed by atoms with Gasteiger partial charge >= 0.3 is 0 Å². The van der Waals surface area contributed by atoms with Crippen molar-refractivity contribution in [2.45, 2.75) is 24.7 Å². The highest BCUT2D eigenvalue weighted by atomic mass is 35.5. The average Bonchev–Trinajstić information content (AvgIpc) is 3.15. The molecule has 0 spiro atoms. The zero-order valence-corrected chi connectivity index (χ0v) is 19.1. The molecule has 0 bridgehead atoms. The van der Waals surface area contributed by atoms with Crippen molar-refractivity contribution < 1.29 is 9.47 Å². The smallest absolute Gasteiger partial charge is 0.209 e. The van der Waals surface area contributed by atoms with Gasteiger partial charge in [-0.25, -0.2) is 9.67 Å². The van der Waals surface area contributed by atoms with Gasteiger partial charge in [-0.15, -0.1) is 17.5 Å². The Bertz CT molecular complexity index is 910. The normalized spacial score (nSPS) is 10.5. The van der Waals surface area contributed by atoms with Gasteiger partial charge in [0, 0.05) is 31.1 Å². The molecule has 8 nitrogen and oxygen atoms in total. The molecule has 3 aromatic rings. The number of aromatic nitrogens is 5. The minimum Gasteiger partial charge on any atom is -0.493 e. The highest BCUT2D eigenvalue weighted by Crippen LogP contribution is 2.29. The summed E-state index contributed by atoms with van der Waals surface area (Å²) in [6.07, 6.45) is 2.72. The second-order valence-corrected chi connectivity index (χ2v) is 7.68. The van der Waals surface area contributed by atoms with Crippen molar-refractivity contribution in [1.29, 1.82) is 0 Å². The van der Waals surface area contributed by atoms with E-state index < -0.39 is 0 Å². The molecule has 0 aliphatic heterocycles. The molecule has 1 aromatic carbocycles. The van der Waals surface area contributed by atoms with Crippen molar-refractivity contribution in [1.82, 2.24) is 30.5 Å². The van der Waals surface area contributed by atoms with Gasteiger partial charge in [0.25, 0.3) is 0 Å². The predicted molar refractivity (Wildman–Crippen MR) is 120 cm³/mol. The van der Waals surface area contributed by atoms with Gasteiger partial charge in [0.2, 0.25) is 5.16 Å². The quantitative estimate of drug-likeness (QED) is 0.258. The first-order valence-electron chi connectivity index (χ1n) is 9.11. The maximum absolute atomic E-state index is 5.86. The zero-order chi connectivity index (χ0) is 20.5. The Morgan fingerprint density at radius 2 is 2.00 bits per heavy atom. The molecule has 162 valence electrons. The van der Waals surface area contributed by atoms with Crippen LogP contribution in [0.1, 0.15) is 17.5 Å². The number of hydrogen-bond acceptors (Lipinski definition) is 8. The molecule has 0 saturated heterocycles. The second kappa shape index (κ2) is 12.6. The number of methoxy groups -OCH3 is 1. The lowest BCUT2D eigenvalue weighted by Crippen LogP contribution is -2.15. The third-order valence-electron chi connectivity index (χ3n) is 4.05. The first-order chi connectivity index (χ1) is 14.2. The van der Waals surface area contributed by atoms with Crippen LogP contribution in [0.15, 0.2) is 41.7 Å². The van der Waals surface area contributed by atoms with Crippen molar-refractivity contribution in [2.24, 2.45) is 7.05 Å². The molecule has 2 aromatic heterocycles. The van der Waals surface area contributed by atoms with E-state index in [1.54, 1.807) is 35.8 Å². The van der Waals surface area contributed by atoms with E-state index in [1.165, 1.54) is 0 Å². The van der Waals surface area contributed by atoms with Crippen LogP contribution in [-0.4, -0.2) is 44.6 Å². The molecule has 0 atom stereocenters. The lowest BCUT2D eigenvalue weighted by Gasteiger charge is -2.13. The summed E-state index contributed by atoms with van der Waals surface area (Å²) >= 11 is 7.46. The van der Waals surface area contributed by atoms with E-state index in [0.29, 0.717) is 23.3 Å². The van der Waals surface area contributed by atoms with E-state index in [0.717, 1.165) is 41.5 Å². The van der Waals surface area contributed by atoms with Crippen molar-refractivity contribution in [2.75, 3.05) is 19.4 Å². The van der Waals surface area contributed by atoms with Gasteiger partial charge in [0.05, 0.1) is 7.11 Å². The Labute approximate surface area is 191 Å². The van der Waals surface area contributed by atoms with Crippen LogP contribution >= 0.6 is 35.8 Å². The van der Waals surface area contributed by atoms with Crippen LogP contribution in [0.4, 0.5) is 0 Å². The molecule has 0 saturated carbocycles. The van der Waals surface area contributed by atoms with Gasteiger partial charge in [-0.1, -0.05) is 35.5 Å². The van der Waals surface area contributed by atoms with Crippen LogP contribution in [0.25, 0.3) is 0 Å². The number of halogens is 2. The Hall–Kier alpha value is -2.07. The molecule has 0 aliphatic rings. The molecule has 2 heterocycles. The van der Waals surface area contributed by atoms with Crippen LogP contribution in [-0.2, 0) is 20.2 Å². The molecule has 0 fully saturated rings. The molecule has 0 amide bonds. The Kier molecular flexibility index (Phi) is 10.2. The van der Waals surface area contributed by atoms with E-state index in [2.05, 4.69) is 25.8 Å². The standard InChI is InChI=1S/C19H23ClN6O2S.ClH/c1-26-19(23-24-25-26)29-9-3-8-21-11-14-4-6-16(17(10-14)27-2)28-13-15-5-7-18(20)22-12-15;/h4-7,10,12,21H,3,8-9,11,13H2,1-2H3;1H. The van der Waals surface area contributed by atoms with E-state index >= 15 is 0 Å². The van der Waals surface area contributed by atoms with Crippen molar-refractivity contribution in [3.8, 4) is 11.5 Å². The number of pyridine rings is 1. The lowest BCUT2D eigenvalue weighted by atomic mass is 10.2. The number of nitrogens with zero attached hydrogens (tertiary/aromatic N) is 5. The maximum atomic E-state index is 5.86. The first-order valence-corrected chi connectivity index (χ1v) is 10.5. The van der Waals surface area contributed by atoms with Crippen LogP contribution in [0.5, 0.6) is 11.5 Å². The van der Waals surface area contributed by atoms with E-state index in [-0.39, 0.29) is 12.4 Å². The van der Waals surface area contributed by atoms with Crippen molar-refractivity contribution in [3.63, 3.8) is 0 Å². The molecular weight excluding hydrogens is 447 g/mol. The summed E-state index contributed by atoms with van der Waals surface area (Å²) in [4.78, 5) is 4.06. The maximum Gasteiger partial charge on any atom is 0.209 e. The topological polar surface area (TPSA) is 87.0 Å². The van der Waals surface area contributed by atoms with Gasteiger partial charge in [0.15, 0.2) is 11.5 Å². The number of aryl methyl sites for hydroxylation is 1. The van der Waals surface area contributed by atoms with Crippen LogP contribution < -0.4 is 14.8 Å². The zero-order valence-electron chi connectivity index (χ0n) is 16.7. The van der Waals surface area contributed by atoms with E-state index in [4.69, 9.17) is 21.1 Å². The number of thioether (sulfide) groups is 1. The van der Waals surface area contributed by atoms with Gasteiger partial charge in [-0.05, 0) is 47.2 Å². The van der Waals surface area contributed by atoms with Gasteiger partial charge in [0.1, 0.15) is 11.8 Å². The van der Waals surface area contributed by atoms with Crippen LogP contribution in [0.2, 0.25) is 5.15 Å². The Morgan fingerprint density at radius 1 is 1.17 bits per heavy atom. The highest BCUT2D eigenvalue weighted by Gasteiger charge is 2.07. The lowest BCUT2D eigenvalue weighted by molar-refractivity contribution is 0.284. The molecule has 0 unspecified atom stereocenters. The van der Waals surface area contributed by atoms with Gasteiger partial charge in [-0.3, -0.25) is 0 Å². The summed E-state index contributed by atoms with van der Waals surface area (Å²) in [5.74, 6) is 2.35. The van der Waals surface area contributed by atoms with E-state index in [1.807, 2.05) is 31.3 Å².